The van der Waals surface area contributed by atoms with Gasteiger partial charge >= 0.3 is 0 Å². The van der Waals surface area contributed by atoms with E-state index in [1.54, 1.807) is 6.20 Å². The lowest BCUT2D eigenvalue weighted by Gasteiger charge is -2.10. The first-order chi connectivity index (χ1) is 22.6. The van der Waals surface area contributed by atoms with E-state index < -0.39 is 0 Å². The van der Waals surface area contributed by atoms with Crippen molar-refractivity contribution < 1.29 is 0 Å². The molecular weight excluding hydrogens is 652 g/mol. The normalized spacial score (nSPS) is 10.8. The predicted octanol–water partition coefficient (Wildman–Crippen LogP) is 11.3. The van der Waals surface area contributed by atoms with E-state index in [-0.39, 0.29) is 0 Å². The van der Waals surface area contributed by atoms with Gasteiger partial charge in [0.1, 0.15) is 4.60 Å². The minimum absolute atomic E-state index is 0.698. The van der Waals surface area contributed by atoms with Crippen LogP contribution in [0.4, 0.5) is 0 Å². The van der Waals surface area contributed by atoms with Crippen LogP contribution in [-0.4, -0.2) is 19.9 Å². The Bertz CT molecular complexity index is 2280. The molecule has 220 valence electrons. The number of hydrogen-bond donors (Lipinski definition) is 0. The third kappa shape index (κ3) is 6.57. The van der Waals surface area contributed by atoms with E-state index in [1.807, 2.05) is 91.0 Å². The predicted molar refractivity (Wildman–Crippen MR) is 194 cm³/mol. The standard InChI is InChI=1S/C28H19ClN2.C12H7BrN2/c29-25-16-14-22(15-17-25)27-19-26(21-10-5-2-6-11-21)30-28(31-27)24-13-7-12-23(18-24)20-8-3-1-4-9-20;13-10-6-5-9-4-3-8-2-1-7-14-11(8)12(9)15-10/h1-19H;1-7H. The zero-order chi connectivity index (χ0) is 31.3. The molecule has 6 heteroatoms. The van der Waals surface area contributed by atoms with Gasteiger partial charge in [0.2, 0.25) is 0 Å². The maximum Gasteiger partial charge on any atom is 0.160 e. The molecule has 8 rings (SSSR count). The molecule has 3 aromatic heterocycles. The summed E-state index contributed by atoms with van der Waals surface area (Å²) in [5.41, 5.74) is 9.01. The molecule has 0 spiro atoms. The van der Waals surface area contributed by atoms with Crippen LogP contribution in [-0.2, 0) is 0 Å². The average Bonchev–Trinajstić information content (AvgIpc) is 3.13. The van der Waals surface area contributed by atoms with E-state index in [1.165, 1.54) is 5.56 Å². The first-order valence-electron chi connectivity index (χ1n) is 14.8. The minimum Gasteiger partial charge on any atom is -0.254 e. The molecule has 0 saturated heterocycles. The molecule has 0 fully saturated rings. The second-order valence-corrected chi connectivity index (χ2v) is 11.9. The summed E-state index contributed by atoms with van der Waals surface area (Å²) in [6, 6.07) is 50.8. The molecule has 0 bridgehead atoms. The monoisotopic (exact) mass is 676 g/mol. The quantitative estimate of drug-likeness (QED) is 0.137. The largest absolute Gasteiger partial charge is 0.254 e. The number of nitrogens with zero attached hydrogens (tertiary/aromatic N) is 4. The van der Waals surface area contributed by atoms with E-state index in [2.05, 4.69) is 86.6 Å². The number of pyridine rings is 2. The molecule has 5 aromatic carbocycles. The number of fused-ring (bicyclic) bond motifs is 3. The van der Waals surface area contributed by atoms with Crippen LogP contribution in [0.3, 0.4) is 0 Å². The van der Waals surface area contributed by atoms with Crippen molar-refractivity contribution in [2.24, 2.45) is 0 Å². The maximum absolute atomic E-state index is 6.10. The Morgan fingerprint density at radius 1 is 0.435 bits per heavy atom. The average molecular weight is 678 g/mol. The van der Waals surface area contributed by atoms with Crippen molar-refractivity contribution in [1.82, 2.24) is 19.9 Å². The molecule has 3 heterocycles. The summed E-state index contributed by atoms with van der Waals surface area (Å²) in [6.45, 7) is 0. The molecule has 0 aliphatic carbocycles. The van der Waals surface area contributed by atoms with Gasteiger partial charge in [-0.25, -0.2) is 15.0 Å². The van der Waals surface area contributed by atoms with E-state index in [0.717, 1.165) is 60.1 Å². The Balaban J connectivity index is 0.000000187. The van der Waals surface area contributed by atoms with Crippen molar-refractivity contribution in [1.29, 1.82) is 0 Å². The number of benzene rings is 5. The molecule has 0 radical (unpaired) electrons. The Labute approximate surface area is 280 Å². The van der Waals surface area contributed by atoms with E-state index in [9.17, 15) is 0 Å². The second kappa shape index (κ2) is 13.4. The van der Waals surface area contributed by atoms with Gasteiger partial charge < -0.3 is 0 Å². The summed E-state index contributed by atoms with van der Waals surface area (Å²) in [7, 11) is 0. The van der Waals surface area contributed by atoms with Crippen molar-refractivity contribution in [3.8, 4) is 45.0 Å². The lowest BCUT2D eigenvalue weighted by Crippen LogP contribution is -1.96. The summed E-state index contributed by atoms with van der Waals surface area (Å²) in [5, 5.41) is 2.94. The van der Waals surface area contributed by atoms with Crippen LogP contribution >= 0.6 is 27.5 Å². The van der Waals surface area contributed by atoms with Gasteiger partial charge in [0.25, 0.3) is 0 Å². The Hall–Kier alpha value is -5.23. The van der Waals surface area contributed by atoms with Crippen LogP contribution in [0, 0.1) is 0 Å². The first-order valence-corrected chi connectivity index (χ1v) is 15.9. The molecule has 4 nitrogen and oxygen atoms in total. The van der Waals surface area contributed by atoms with Gasteiger partial charge in [0, 0.05) is 38.7 Å². The molecule has 0 unspecified atom stereocenters. The molecule has 46 heavy (non-hydrogen) atoms. The third-order valence-electron chi connectivity index (χ3n) is 7.56. The highest BCUT2D eigenvalue weighted by atomic mass is 79.9. The van der Waals surface area contributed by atoms with Crippen molar-refractivity contribution in [3.63, 3.8) is 0 Å². The summed E-state index contributed by atoms with van der Waals surface area (Å²) in [6.07, 6.45) is 1.80. The minimum atomic E-state index is 0.698. The van der Waals surface area contributed by atoms with Crippen LogP contribution in [0.2, 0.25) is 5.02 Å². The number of aromatic nitrogens is 4. The highest BCUT2D eigenvalue weighted by Gasteiger charge is 2.11. The molecule has 0 saturated carbocycles. The maximum atomic E-state index is 6.10. The molecule has 0 amide bonds. The number of halogens is 2. The SMILES string of the molecule is Brc1ccc2ccc3cccnc3c2n1.Clc1ccc(-c2cc(-c3ccccc3)nc(-c3cccc(-c4ccccc4)c3)n2)cc1. The number of hydrogen-bond acceptors (Lipinski definition) is 4. The van der Waals surface area contributed by atoms with Gasteiger partial charge in [0.05, 0.1) is 22.4 Å². The summed E-state index contributed by atoms with van der Waals surface area (Å²) in [5.74, 6) is 0.698. The van der Waals surface area contributed by atoms with E-state index >= 15 is 0 Å². The molecule has 0 N–H and O–H groups in total. The van der Waals surface area contributed by atoms with Crippen LogP contribution in [0.15, 0.2) is 162 Å². The van der Waals surface area contributed by atoms with Gasteiger partial charge in [-0.3, -0.25) is 4.98 Å². The van der Waals surface area contributed by atoms with E-state index in [0.29, 0.717) is 10.8 Å². The van der Waals surface area contributed by atoms with Crippen LogP contribution in [0.1, 0.15) is 0 Å². The lowest BCUT2D eigenvalue weighted by atomic mass is 10.0. The molecule has 0 atom stereocenters. The fourth-order valence-electron chi connectivity index (χ4n) is 5.27. The van der Waals surface area contributed by atoms with Gasteiger partial charge in [-0.2, -0.15) is 0 Å². The Morgan fingerprint density at radius 3 is 1.74 bits per heavy atom. The summed E-state index contributed by atoms with van der Waals surface area (Å²) in [4.78, 5) is 18.6. The topological polar surface area (TPSA) is 51.6 Å². The van der Waals surface area contributed by atoms with Gasteiger partial charge in [-0.1, -0.05) is 127 Å². The highest BCUT2D eigenvalue weighted by molar-refractivity contribution is 9.10. The number of rotatable bonds is 4. The summed E-state index contributed by atoms with van der Waals surface area (Å²) < 4.78 is 0.841. The fourth-order valence-corrected chi connectivity index (χ4v) is 5.71. The smallest absolute Gasteiger partial charge is 0.160 e. The first kappa shape index (κ1) is 29.5. The molecule has 8 aromatic rings. The van der Waals surface area contributed by atoms with Crippen molar-refractivity contribution >= 4 is 49.3 Å². The molecule has 0 aliphatic rings. The van der Waals surface area contributed by atoms with Gasteiger partial charge in [-0.15, -0.1) is 0 Å². The van der Waals surface area contributed by atoms with Crippen LogP contribution in [0.5, 0.6) is 0 Å². The third-order valence-corrected chi connectivity index (χ3v) is 8.26. The zero-order valence-electron chi connectivity index (χ0n) is 24.6. The van der Waals surface area contributed by atoms with Crippen molar-refractivity contribution in [2.45, 2.75) is 0 Å². The van der Waals surface area contributed by atoms with E-state index in [4.69, 9.17) is 21.6 Å². The summed E-state index contributed by atoms with van der Waals surface area (Å²) >= 11 is 9.48. The second-order valence-electron chi connectivity index (χ2n) is 10.6. The van der Waals surface area contributed by atoms with Crippen molar-refractivity contribution in [2.75, 3.05) is 0 Å². The fraction of sp³-hybridized carbons (Fsp3) is 0. The van der Waals surface area contributed by atoms with Crippen LogP contribution in [0.25, 0.3) is 66.8 Å². The van der Waals surface area contributed by atoms with Gasteiger partial charge in [0.15, 0.2) is 5.82 Å². The highest BCUT2D eigenvalue weighted by Crippen LogP contribution is 2.30. The van der Waals surface area contributed by atoms with Crippen LogP contribution < -0.4 is 0 Å². The Morgan fingerprint density at radius 2 is 1.02 bits per heavy atom. The van der Waals surface area contributed by atoms with Gasteiger partial charge in [-0.05, 0) is 63.5 Å². The van der Waals surface area contributed by atoms with Crippen molar-refractivity contribution in [3.05, 3.63) is 167 Å². The molecular formula is C40H26BrClN4. The molecule has 0 aliphatic heterocycles. The lowest BCUT2D eigenvalue weighted by molar-refractivity contribution is 1.18. The Kier molecular flexibility index (Phi) is 8.59. The zero-order valence-corrected chi connectivity index (χ0v) is 26.9.